The fraction of sp³-hybridized carbons (Fsp3) is 0.857. The molecule has 0 rings (SSSR count). The van der Waals surface area contributed by atoms with Gasteiger partial charge in [-0.25, -0.2) is 0 Å². The molecule has 60 valence electrons. The van der Waals surface area contributed by atoms with E-state index >= 15 is 0 Å². The Bertz CT molecular complexity index is 99.0. The second kappa shape index (κ2) is 5.23. The molecule has 0 bridgehead atoms. The van der Waals surface area contributed by atoms with Gasteiger partial charge < -0.3 is 11.1 Å². The maximum Gasteiger partial charge on any atom is 0.0918 e. The average molecular weight is 143 g/mol. The van der Waals surface area contributed by atoms with Crippen molar-refractivity contribution in [2.45, 2.75) is 20.3 Å². The van der Waals surface area contributed by atoms with Gasteiger partial charge in [-0.1, -0.05) is 13.8 Å². The Morgan fingerprint density at radius 2 is 2.20 bits per heavy atom. The van der Waals surface area contributed by atoms with Crippen molar-refractivity contribution in [2.24, 2.45) is 11.7 Å². The summed E-state index contributed by atoms with van der Waals surface area (Å²) >= 11 is 0. The van der Waals surface area contributed by atoms with Crippen molar-refractivity contribution < 1.29 is 0 Å². The third kappa shape index (κ3) is 7.43. The lowest BCUT2D eigenvalue weighted by Gasteiger charge is -2.05. The van der Waals surface area contributed by atoms with E-state index in [1.54, 1.807) is 0 Å². The number of hydrogen-bond acceptors (Lipinski definition) is 2. The maximum atomic E-state index is 6.92. The highest BCUT2D eigenvalue weighted by Crippen LogP contribution is 1.86. The number of hydrogen-bond donors (Lipinski definition) is 3. The van der Waals surface area contributed by atoms with E-state index in [1.807, 2.05) is 0 Å². The summed E-state index contributed by atoms with van der Waals surface area (Å²) in [5.74, 6) is 0.934. The van der Waals surface area contributed by atoms with Crippen LogP contribution in [-0.4, -0.2) is 18.9 Å². The van der Waals surface area contributed by atoms with Crippen molar-refractivity contribution in [3.63, 3.8) is 0 Å². The Balaban J connectivity index is 2.98. The molecule has 0 aromatic heterocycles. The molecule has 4 N–H and O–H groups in total. The summed E-state index contributed by atoms with van der Waals surface area (Å²) in [6.07, 6.45) is 0.659. The molecule has 3 heteroatoms. The van der Waals surface area contributed by atoms with E-state index in [2.05, 4.69) is 19.2 Å². The monoisotopic (exact) mass is 143 g/mol. The summed E-state index contributed by atoms with van der Waals surface area (Å²) < 4.78 is 0. The van der Waals surface area contributed by atoms with Gasteiger partial charge in [0.1, 0.15) is 0 Å². The fourth-order valence-corrected chi connectivity index (χ4v) is 0.614. The van der Waals surface area contributed by atoms with Crippen LogP contribution in [0.2, 0.25) is 0 Å². The third-order valence-electron chi connectivity index (χ3n) is 1.12. The molecular weight excluding hydrogens is 126 g/mol. The van der Waals surface area contributed by atoms with Crippen LogP contribution in [0.1, 0.15) is 20.3 Å². The summed E-state index contributed by atoms with van der Waals surface area (Å²) in [4.78, 5) is 0. The molecule has 0 amide bonds. The first-order chi connectivity index (χ1) is 4.63. The molecule has 3 nitrogen and oxygen atoms in total. The predicted octanol–water partition coefficient (Wildman–Crippen LogP) is 0.558. The van der Waals surface area contributed by atoms with Gasteiger partial charge in [-0.15, -0.1) is 0 Å². The molecule has 0 saturated heterocycles. The smallest absolute Gasteiger partial charge is 0.0918 e. The molecule has 0 aromatic carbocycles. The average Bonchev–Trinajstić information content (AvgIpc) is 1.79. The van der Waals surface area contributed by atoms with Crippen molar-refractivity contribution in [2.75, 3.05) is 13.1 Å². The zero-order valence-electron chi connectivity index (χ0n) is 6.78. The van der Waals surface area contributed by atoms with Gasteiger partial charge in [0.05, 0.1) is 5.84 Å². The Morgan fingerprint density at radius 3 is 2.60 bits per heavy atom. The summed E-state index contributed by atoms with van der Waals surface area (Å²) in [5, 5.41) is 10.1. The molecule has 0 aliphatic heterocycles. The lowest BCUT2D eigenvalue weighted by atomic mass is 10.2. The van der Waals surface area contributed by atoms with Gasteiger partial charge >= 0.3 is 0 Å². The second-order valence-electron chi connectivity index (χ2n) is 2.87. The van der Waals surface area contributed by atoms with Gasteiger partial charge in [0.25, 0.3) is 0 Å². The van der Waals surface area contributed by atoms with Crippen LogP contribution in [0.25, 0.3) is 0 Å². The molecule has 0 radical (unpaired) electrons. The highest BCUT2D eigenvalue weighted by atomic mass is 14.9. The SMILES string of the molecule is CC(C)CNCCC(=N)N. The van der Waals surface area contributed by atoms with Crippen LogP contribution >= 0.6 is 0 Å². The number of nitrogens with one attached hydrogen (secondary N) is 2. The molecular formula is C7H17N3. The molecule has 0 saturated carbocycles. The van der Waals surface area contributed by atoms with Crippen LogP contribution in [0.5, 0.6) is 0 Å². The van der Waals surface area contributed by atoms with Crippen molar-refractivity contribution in [3.05, 3.63) is 0 Å². The number of nitrogens with two attached hydrogens (primary N) is 1. The molecule has 0 fully saturated rings. The minimum absolute atomic E-state index is 0.260. The molecule has 0 aliphatic rings. The molecule has 0 heterocycles. The van der Waals surface area contributed by atoms with Crippen LogP contribution < -0.4 is 11.1 Å². The van der Waals surface area contributed by atoms with E-state index in [-0.39, 0.29) is 5.84 Å². The van der Waals surface area contributed by atoms with Crippen LogP contribution in [0.4, 0.5) is 0 Å². The predicted molar refractivity (Wildman–Crippen MR) is 44.2 cm³/mol. The van der Waals surface area contributed by atoms with Crippen molar-refractivity contribution >= 4 is 5.84 Å². The Kier molecular flexibility index (Phi) is 4.94. The number of amidine groups is 1. The molecule has 10 heavy (non-hydrogen) atoms. The van der Waals surface area contributed by atoms with E-state index in [0.29, 0.717) is 12.3 Å². The largest absolute Gasteiger partial charge is 0.388 e. The number of rotatable bonds is 5. The molecule has 0 unspecified atom stereocenters. The Morgan fingerprint density at radius 1 is 1.60 bits per heavy atom. The van der Waals surface area contributed by atoms with Crippen LogP contribution in [0, 0.1) is 11.3 Å². The van der Waals surface area contributed by atoms with Gasteiger partial charge in [0.15, 0.2) is 0 Å². The lowest BCUT2D eigenvalue weighted by molar-refractivity contribution is 0.559. The summed E-state index contributed by atoms with van der Waals surface area (Å²) in [5.41, 5.74) is 5.15. The molecule has 0 atom stereocenters. The van der Waals surface area contributed by atoms with E-state index in [0.717, 1.165) is 13.1 Å². The van der Waals surface area contributed by atoms with Crippen molar-refractivity contribution in [1.29, 1.82) is 5.41 Å². The molecule has 0 aromatic rings. The first-order valence-electron chi connectivity index (χ1n) is 3.66. The summed E-state index contributed by atoms with van der Waals surface area (Å²) in [6, 6.07) is 0. The van der Waals surface area contributed by atoms with E-state index in [4.69, 9.17) is 11.1 Å². The highest BCUT2D eigenvalue weighted by Gasteiger charge is 1.92. The second-order valence-corrected chi connectivity index (χ2v) is 2.87. The van der Waals surface area contributed by atoms with E-state index < -0.39 is 0 Å². The van der Waals surface area contributed by atoms with Gasteiger partial charge in [-0.2, -0.15) is 0 Å². The zero-order valence-corrected chi connectivity index (χ0v) is 6.78. The summed E-state index contributed by atoms with van der Waals surface area (Å²) in [6.45, 7) is 6.14. The Labute approximate surface area is 62.5 Å². The minimum atomic E-state index is 0.260. The first-order valence-corrected chi connectivity index (χ1v) is 3.66. The molecule has 0 aliphatic carbocycles. The normalized spacial score (nSPS) is 10.3. The standard InChI is InChI=1S/C7H17N3/c1-6(2)5-10-4-3-7(8)9/h6,10H,3-5H2,1-2H3,(H3,8,9). The van der Waals surface area contributed by atoms with Gasteiger partial charge in [0.2, 0.25) is 0 Å². The van der Waals surface area contributed by atoms with Crippen molar-refractivity contribution in [3.8, 4) is 0 Å². The third-order valence-corrected chi connectivity index (χ3v) is 1.12. The Hall–Kier alpha value is -0.570. The van der Waals surface area contributed by atoms with Crippen LogP contribution in [0.15, 0.2) is 0 Å². The van der Waals surface area contributed by atoms with Gasteiger partial charge in [-0.05, 0) is 12.5 Å². The zero-order chi connectivity index (χ0) is 7.98. The topological polar surface area (TPSA) is 61.9 Å². The quantitative estimate of drug-likeness (QED) is 0.299. The fourth-order valence-electron chi connectivity index (χ4n) is 0.614. The van der Waals surface area contributed by atoms with E-state index in [1.165, 1.54) is 0 Å². The lowest BCUT2D eigenvalue weighted by Crippen LogP contribution is -2.24. The van der Waals surface area contributed by atoms with Crippen LogP contribution in [0.3, 0.4) is 0 Å². The van der Waals surface area contributed by atoms with Crippen molar-refractivity contribution in [1.82, 2.24) is 5.32 Å². The maximum absolute atomic E-state index is 6.92. The van der Waals surface area contributed by atoms with Crippen LogP contribution in [-0.2, 0) is 0 Å². The van der Waals surface area contributed by atoms with E-state index in [9.17, 15) is 0 Å². The summed E-state index contributed by atoms with van der Waals surface area (Å²) in [7, 11) is 0. The van der Waals surface area contributed by atoms with Gasteiger partial charge in [0, 0.05) is 13.0 Å². The highest BCUT2D eigenvalue weighted by molar-refractivity contribution is 5.76. The molecule has 0 spiro atoms. The first kappa shape index (κ1) is 9.43. The minimum Gasteiger partial charge on any atom is -0.388 e. The van der Waals surface area contributed by atoms with Gasteiger partial charge in [-0.3, -0.25) is 5.41 Å².